The Morgan fingerprint density at radius 3 is 2.43 bits per heavy atom. The summed E-state index contributed by atoms with van der Waals surface area (Å²) in [5.41, 5.74) is 0.904. The number of halogens is 4. The molecule has 1 atom stereocenters. The third-order valence-electron chi connectivity index (χ3n) is 3.52. The topological polar surface area (TPSA) is 84.9 Å². The van der Waals surface area contributed by atoms with Crippen LogP contribution in [0, 0.1) is 23.3 Å². The number of ketones is 1. The first kappa shape index (κ1) is 21.6. The van der Waals surface area contributed by atoms with Crippen molar-refractivity contribution < 1.29 is 41.7 Å². The zero-order valence-electron chi connectivity index (χ0n) is 14.2. The smallest absolute Gasteiger partial charge is 0.405 e. The quantitative estimate of drug-likeness (QED) is 0.349. The van der Waals surface area contributed by atoms with E-state index in [1.807, 2.05) is 22.1 Å². The Labute approximate surface area is 160 Å². The second-order valence-corrected chi connectivity index (χ2v) is 6.31. The fourth-order valence-electron chi connectivity index (χ4n) is 2.15. The lowest BCUT2D eigenvalue weighted by Gasteiger charge is -2.16. The second-order valence-electron chi connectivity index (χ2n) is 5.53. The van der Waals surface area contributed by atoms with Crippen LogP contribution in [0.3, 0.4) is 0 Å². The number of ether oxygens (including phenoxy) is 2. The SMILES string of the molecule is O=C(O)NC(CCOCc1ccsc1)C(=O)COc1c(F)c(F)cc(F)c1F. The Hall–Kier alpha value is -2.66. The Morgan fingerprint density at radius 1 is 1.18 bits per heavy atom. The number of rotatable bonds is 10. The zero-order valence-corrected chi connectivity index (χ0v) is 15.0. The van der Waals surface area contributed by atoms with E-state index in [0.717, 1.165) is 5.56 Å². The Morgan fingerprint density at radius 2 is 1.86 bits per heavy atom. The first-order chi connectivity index (χ1) is 13.3. The largest absolute Gasteiger partial charge is 0.479 e. The molecule has 1 aromatic heterocycles. The standard InChI is InChI=1S/C17H15F4NO5S/c18-10-5-11(19)15(21)16(14(10)20)27-7-13(23)12(22-17(24)25)1-3-26-6-9-2-4-28-8-9/h2,4-5,8,12,22H,1,3,6-7H2,(H,24,25). The fourth-order valence-corrected chi connectivity index (χ4v) is 2.80. The highest BCUT2D eigenvalue weighted by atomic mass is 32.1. The maximum Gasteiger partial charge on any atom is 0.405 e. The molecule has 1 heterocycles. The number of benzene rings is 1. The van der Waals surface area contributed by atoms with Gasteiger partial charge in [-0.05, 0) is 28.8 Å². The minimum Gasteiger partial charge on any atom is -0.479 e. The van der Waals surface area contributed by atoms with Gasteiger partial charge in [-0.15, -0.1) is 0 Å². The van der Waals surface area contributed by atoms with Crippen LogP contribution in [0.2, 0.25) is 0 Å². The summed E-state index contributed by atoms with van der Waals surface area (Å²) in [6.07, 6.45) is -1.59. The fraction of sp³-hybridized carbons (Fsp3) is 0.294. The van der Waals surface area contributed by atoms with Crippen molar-refractivity contribution in [2.45, 2.75) is 19.1 Å². The van der Waals surface area contributed by atoms with E-state index in [-0.39, 0.29) is 25.7 Å². The maximum atomic E-state index is 13.5. The number of carbonyl (C=O) groups excluding carboxylic acids is 1. The molecule has 2 N–H and O–H groups in total. The first-order valence-corrected chi connectivity index (χ1v) is 8.80. The molecule has 2 rings (SSSR count). The van der Waals surface area contributed by atoms with E-state index in [9.17, 15) is 27.2 Å². The van der Waals surface area contributed by atoms with Crippen LogP contribution >= 0.6 is 11.3 Å². The number of carboxylic acid groups (broad SMARTS) is 1. The van der Waals surface area contributed by atoms with Gasteiger partial charge >= 0.3 is 6.09 Å². The second kappa shape index (κ2) is 10.0. The molecule has 1 unspecified atom stereocenters. The summed E-state index contributed by atoms with van der Waals surface area (Å²) < 4.78 is 63.3. The van der Waals surface area contributed by atoms with Crippen molar-refractivity contribution >= 4 is 23.2 Å². The van der Waals surface area contributed by atoms with Crippen LogP contribution in [0.15, 0.2) is 22.9 Å². The van der Waals surface area contributed by atoms with Gasteiger partial charge in [-0.2, -0.15) is 20.1 Å². The Balaban J connectivity index is 1.94. The molecule has 0 saturated heterocycles. The molecule has 0 aliphatic heterocycles. The van der Waals surface area contributed by atoms with Crippen molar-refractivity contribution in [3.63, 3.8) is 0 Å². The van der Waals surface area contributed by atoms with Gasteiger partial charge in [0.2, 0.25) is 11.6 Å². The number of hydrogen-bond donors (Lipinski definition) is 2. The molecule has 1 aromatic carbocycles. The summed E-state index contributed by atoms with van der Waals surface area (Å²) in [4.78, 5) is 23.0. The predicted molar refractivity (Wildman–Crippen MR) is 90.3 cm³/mol. The molecular formula is C17H15F4NO5S. The average molecular weight is 421 g/mol. The molecule has 11 heteroatoms. The molecule has 28 heavy (non-hydrogen) atoms. The van der Waals surface area contributed by atoms with Crippen LogP contribution in [0.1, 0.15) is 12.0 Å². The third-order valence-corrected chi connectivity index (χ3v) is 4.25. The van der Waals surface area contributed by atoms with Crippen LogP contribution < -0.4 is 10.1 Å². The van der Waals surface area contributed by atoms with Crippen molar-refractivity contribution in [1.29, 1.82) is 0 Å². The van der Waals surface area contributed by atoms with E-state index in [1.54, 1.807) is 0 Å². The lowest BCUT2D eigenvalue weighted by atomic mass is 10.1. The maximum absolute atomic E-state index is 13.5. The first-order valence-electron chi connectivity index (χ1n) is 7.86. The molecule has 0 radical (unpaired) electrons. The molecule has 0 saturated carbocycles. The van der Waals surface area contributed by atoms with Crippen LogP contribution in [-0.4, -0.2) is 36.2 Å². The average Bonchev–Trinajstić information content (AvgIpc) is 3.15. The number of amides is 1. The number of thiophene rings is 1. The summed E-state index contributed by atoms with van der Waals surface area (Å²) in [5, 5.41) is 14.5. The van der Waals surface area contributed by atoms with Gasteiger partial charge < -0.3 is 19.9 Å². The number of Topliss-reactive ketones (excluding diaryl/α,β-unsaturated/α-hetero) is 1. The van der Waals surface area contributed by atoms with Gasteiger partial charge in [0.05, 0.1) is 12.6 Å². The summed E-state index contributed by atoms with van der Waals surface area (Å²) in [7, 11) is 0. The van der Waals surface area contributed by atoms with Gasteiger partial charge in [-0.25, -0.2) is 13.6 Å². The Kier molecular flexibility index (Phi) is 7.76. The molecule has 0 fully saturated rings. The number of nitrogens with one attached hydrogen (secondary N) is 1. The highest BCUT2D eigenvalue weighted by molar-refractivity contribution is 7.07. The zero-order chi connectivity index (χ0) is 20.7. The van der Waals surface area contributed by atoms with Crippen LogP contribution in [0.25, 0.3) is 0 Å². The van der Waals surface area contributed by atoms with E-state index in [4.69, 9.17) is 9.84 Å². The van der Waals surface area contributed by atoms with Crippen LogP contribution in [0.5, 0.6) is 5.75 Å². The molecule has 1 amide bonds. The molecule has 6 nitrogen and oxygen atoms in total. The van der Waals surface area contributed by atoms with E-state index in [2.05, 4.69) is 4.74 Å². The van der Waals surface area contributed by atoms with Crippen LogP contribution in [0.4, 0.5) is 22.4 Å². The predicted octanol–water partition coefficient (Wildman–Crippen LogP) is 3.50. The highest BCUT2D eigenvalue weighted by Crippen LogP contribution is 2.26. The summed E-state index contributed by atoms with van der Waals surface area (Å²) in [5.74, 6) is -9.27. The normalized spacial score (nSPS) is 11.9. The molecule has 0 bridgehead atoms. The van der Waals surface area contributed by atoms with Crippen molar-refractivity contribution in [3.05, 3.63) is 51.7 Å². The molecule has 0 spiro atoms. The number of hydrogen-bond acceptors (Lipinski definition) is 5. The lowest BCUT2D eigenvalue weighted by molar-refractivity contribution is -0.123. The van der Waals surface area contributed by atoms with Gasteiger partial charge in [0.15, 0.2) is 23.2 Å². The van der Waals surface area contributed by atoms with Gasteiger partial charge in [-0.3, -0.25) is 4.79 Å². The van der Waals surface area contributed by atoms with Crippen molar-refractivity contribution in [2.75, 3.05) is 13.2 Å². The molecule has 0 aliphatic rings. The van der Waals surface area contributed by atoms with E-state index in [1.165, 1.54) is 11.3 Å². The number of carbonyl (C=O) groups is 2. The Bertz CT molecular complexity index is 805. The third kappa shape index (κ3) is 5.92. The van der Waals surface area contributed by atoms with E-state index < -0.39 is 53.5 Å². The monoisotopic (exact) mass is 421 g/mol. The van der Waals surface area contributed by atoms with Crippen molar-refractivity contribution in [2.24, 2.45) is 0 Å². The minimum atomic E-state index is -1.80. The molecule has 2 aromatic rings. The van der Waals surface area contributed by atoms with Gasteiger partial charge in [0, 0.05) is 12.7 Å². The highest BCUT2D eigenvalue weighted by Gasteiger charge is 2.25. The molecular weight excluding hydrogens is 406 g/mol. The summed E-state index contributed by atoms with van der Waals surface area (Å²) in [6, 6.07) is 0.529. The molecule has 152 valence electrons. The van der Waals surface area contributed by atoms with Crippen molar-refractivity contribution in [1.82, 2.24) is 5.32 Å². The lowest BCUT2D eigenvalue weighted by Crippen LogP contribution is -2.43. The minimum absolute atomic E-state index is 0.00103. The van der Waals surface area contributed by atoms with Crippen LogP contribution in [-0.2, 0) is 16.1 Å². The molecule has 0 aliphatic carbocycles. The van der Waals surface area contributed by atoms with Crippen molar-refractivity contribution in [3.8, 4) is 5.75 Å². The van der Waals surface area contributed by atoms with Gasteiger partial charge in [0.25, 0.3) is 0 Å². The summed E-state index contributed by atoms with van der Waals surface area (Å²) in [6.45, 7) is -0.747. The van der Waals surface area contributed by atoms with E-state index in [0.29, 0.717) is 0 Å². The van der Waals surface area contributed by atoms with Gasteiger partial charge in [0.1, 0.15) is 6.61 Å². The van der Waals surface area contributed by atoms with E-state index >= 15 is 0 Å². The summed E-state index contributed by atoms with van der Waals surface area (Å²) >= 11 is 1.47. The van der Waals surface area contributed by atoms with Gasteiger partial charge in [-0.1, -0.05) is 0 Å².